The van der Waals surface area contributed by atoms with Crippen LogP contribution in [0.1, 0.15) is 19.6 Å². The van der Waals surface area contributed by atoms with Crippen molar-refractivity contribution in [2.45, 2.75) is 25.7 Å². The molecule has 0 unspecified atom stereocenters. The topological polar surface area (TPSA) is 92.5 Å². The Labute approximate surface area is 141 Å². The monoisotopic (exact) mass is 351 g/mol. The molecule has 2 rings (SSSR count). The number of hydrogen-bond acceptors (Lipinski definition) is 5. The van der Waals surface area contributed by atoms with Gasteiger partial charge in [-0.05, 0) is 25.0 Å². The second-order valence-corrected chi connectivity index (χ2v) is 7.81. The molecule has 8 heteroatoms. The molecule has 0 bridgehead atoms. The smallest absolute Gasteiger partial charge is 0.243 e. The van der Waals surface area contributed by atoms with Crippen molar-refractivity contribution in [3.63, 3.8) is 0 Å². The number of aryl methyl sites for hydroxylation is 1. The molecule has 0 aliphatic rings. The zero-order valence-electron chi connectivity index (χ0n) is 13.9. The molecule has 2 aromatic rings. The number of benzene rings is 1. The molecular formula is C16H21N3O4S. The first kappa shape index (κ1) is 18.2. The van der Waals surface area contributed by atoms with Crippen LogP contribution in [-0.4, -0.2) is 36.9 Å². The Bertz CT molecular complexity index is 785. The van der Waals surface area contributed by atoms with Gasteiger partial charge >= 0.3 is 0 Å². The third-order valence-electron chi connectivity index (χ3n) is 3.17. The molecule has 24 heavy (non-hydrogen) atoms. The number of nitrogens with zero attached hydrogens (tertiary/aromatic N) is 2. The van der Waals surface area contributed by atoms with Gasteiger partial charge in [0.15, 0.2) is 5.82 Å². The van der Waals surface area contributed by atoms with E-state index in [1.807, 2.05) is 13.8 Å². The predicted octanol–water partition coefficient (Wildman–Crippen LogP) is 2.27. The van der Waals surface area contributed by atoms with E-state index >= 15 is 0 Å². The Morgan fingerprint density at radius 1 is 1.29 bits per heavy atom. The third kappa shape index (κ3) is 4.65. The lowest BCUT2D eigenvalue weighted by molar-refractivity contribution is -0.116. The Morgan fingerprint density at radius 3 is 2.50 bits per heavy atom. The molecule has 0 fully saturated rings. The SMILES string of the molecule is Cc1cc(NC(=O)CN(CC(C)C)S(=O)(=O)c2ccccc2)no1. The molecule has 1 amide bonds. The second kappa shape index (κ2) is 7.59. The molecule has 1 heterocycles. The summed E-state index contributed by atoms with van der Waals surface area (Å²) < 4.78 is 31.6. The summed E-state index contributed by atoms with van der Waals surface area (Å²) in [6.45, 7) is 5.44. The Kier molecular flexibility index (Phi) is 5.74. The van der Waals surface area contributed by atoms with E-state index in [0.717, 1.165) is 0 Å². The Balaban J connectivity index is 2.17. The summed E-state index contributed by atoms with van der Waals surface area (Å²) >= 11 is 0. The maximum Gasteiger partial charge on any atom is 0.243 e. The maximum absolute atomic E-state index is 12.8. The molecule has 7 nitrogen and oxygen atoms in total. The number of nitrogens with one attached hydrogen (secondary N) is 1. The van der Waals surface area contributed by atoms with Crippen molar-refractivity contribution in [2.75, 3.05) is 18.4 Å². The zero-order valence-corrected chi connectivity index (χ0v) is 14.7. The largest absolute Gasteiger partial charge is 0.360 e. The normalized spacial score (nSPS) is 11.9. The number of hydrogen-bond donors (Lipinski definition) is 1. The van der Waals surface area contributed by atoms with Gasteiger partial charge < -0.3 is 9.84 Å². The minimum Gasteiger partial charge on any atom is -0.360 e. The fourth-order valence-corrected chi connectivity index (χ4v) is 3.75. The van der Waals surface area contributed by atoms with Gasteiger partial charge in [0.2, 0.25) is 15.9 Å². The van der Waals surface area contributed by atoms with Crippen LogP contribution >= 0.6 is 0 Å². The lowest BCUT2D eigenvalue weighted by atomic mass is 10.2. The zero-order chi connectivity index (χ0) is 17.7. The summed E-state index contributed by atoms with van der Waals surface area (Å²) in [6, 6.07) is 9.64. The molecule has 1 N–H and O–H groups in total. The van der Waals surface area contributed by atoms with Gasteiger partial charge in [0, 0.05) is 12.6 Å². The summed E-state index contributed by atoms with van der Waals surface area (Å²) in [5.41, 5.74) is 0. The van der Waals surface area contributed by atoms with Crippen LogP contribution in [0.5, 0.6) is 0 Å². The van der Waals surface area contributed by atoms with Gasteiger partial charge in [-0.1, -0.05) is 37.2 Å². The fourth-order valence-electron chi connectivity index (χ4n) is 2.16. The summed E-state index contributed by atoms with van der Waals surface area (Å²) in [7, 11) is -3.75. The molecule has 0 aliphatic carbocycles. The van der Waals surface area contributed by atoms with E-state index in [-0.39, 0.29) is 29.7 Å². The molecule has 0 spiro atoms. The number of carbonyl (C=O) groups excluding carboxylic acids is 1. The molecular weight excluding hydrogens is 330 g/mol. The molecule has 1 aromatic heterocycles. The first-order chi connectivity index (χ1) is 11.3. The fraction of sp³-hybridized carbons (Fsp3) is 0.375. The molecule has 0 atom stereocenters. The highest BCUT2D eigenvalue weighted by molar-refractivity contribution is 7.89. The number of aromatic nitrogens is 1. The van der Waals surface area contributed by atoms with Gasteiger partial charge in [0.05, 0.1) is 11.4 Å². The van der Waals surface area contributed by atoms with Crippen molar-refractivity contribution in [3.8, 4) is 0 Å². The Morgan fingerprint density at radius 2 is 1.96 bits per heavy atom. The van der Waals surface area contributed by atoms with Crippen molar-refractivity contribution in [2.24, 2.45) is 5.92 Å². The lowest BCUT2D eigenvalue weighted by Crippen LogP contribution is -2.40. The van der Waals surface area contributed by atoms with Crippen LogP contribution < -0.4 is 5.32 Å². The van der Waals surface area contributed by atoms with Gasteiger partial charge in [-0.25, -0.2) is 8.42 Å². The molecule has 0 saturated heterocycles. The van der Waals surface area contributed by atoms with Crippen LogP contribution in [0.3, 0.4) is 0 Å². The summed E-state index contributed by atoms with van der Waals surface area (Å²) in [4.78, 5) is 12.4. The van der Waals surface area contributed by atoms with E-state index in [0.29, 0.717) is 5.76 Å². The van der Waals surface area contributed by atoms with Crippen molar-refractivity contribution in [3.05, 3.63) is 42.2 Å². The average Bonchev–Trinajstić information content (AvgIpc) is 2.92. The lowest BCUT2D eigenvalue weighted by Gasteiger charge is -2.23. The van der Waals surface area contributed by atoms with Gasteiger partial charge in [-0.2, -0.15) is 4.31 Å². The van der Waals surface area contributed by atoms with Crippen molar-refractivity contribution < 1.29 is 17.7 Å². The third-order valence-corrected chi connectivity index (χ3v) is 4.99. The maximum atomic E-state index is 12.8. The molecule has 0 aliphatic heterocycles. The number of rotatable bonds is 7. The van der Waals surface area contributed by atoms with E-state index in [1.54, 1.807) is 31.2 Å². The van der Waals surface area contributed by atoms with E-state index in [9.17, 15) is 13.2 Å². The summed E-state index contributed by atoms with van der Waals surface area (Å²) in [6.07, 6.45) is 0. The molecule has 0 saturated carbocycles. The van der Waals surface area contributed by atoms with Gasteiger partial charge in [0.1, 0.15) is 5.76 Å². The van der Waals surface area contributed by atoms with Crippen molar-refractivity contribution in [1.82, 2.24) is 9.46 Å². The average molecular weight is 351 g/mol. The number of carbonyl (C=O) groups is 1. The number of amides is 1. The van der Waals surface area contributed by atoms with Crippen LogP contribution in [-0.2, 0) is 14.8 Å². The minimum atomic E-state index is -3.75. The van der Waals surface area contributed by atoms with Gasteiger partial charge in [0.25, 0.3) is 0 Å². The number of anilines is 1. The minimum absolute atomic E-state index is 0.0746. The first-order valence-electron chi connectivity index (χ1n) is 7.57. The van der Waals surface area contributed by atoms with Crippen LogP contribution in [0.4, 0.5) is 5.82 Å². The van der Waals surface area contributed by atoms with Crippen LogP contribution in [0.15, 0.2) is 45.8 Å². The highest BCUT2D eigenvalue weighted by Gasteiger charge is 2.27. The Hall–Kier alpha value is -2.19. The van der Waals surface area contributed by atoms with Crippen LogP contribution in [0.2, 0.25) is 0 Å². The molecule has 1 aromatic carbocycles. The second-order valence-electron chi connectivity index (χ2n) is 5.88. The molecule has 0 radical (unpaired) electrons. The molecule has 130 valence electrons. The highest BCUT2D eigenvalue weighted by Crippen LogP contribution is 2.17. The standard InChI is InChI=1S/C16H21N3O4S/c1-12(2)10-19(24(21,22)14-7-5-4-6-8-14)11-16(20)17-15-9-13(3)23-18-15/h4-9,12H,10-11H2,1-3H3,(H,17,18,20). The van der Waals surface area contributed by atoms with Crippen LogP contribution in [0, 0.1) is 12.8 Å². The van der Waals surface area contributed by atoms with Crippen molar-refractivity contribution in [1.29, 1.82) is 0 Å². The van der Waals surface area contributed by atoms with Crippen LogP contribution in [0.25, 0.3) is 0 Å². The van der Waals surface area contributed by atoms with E-state index < -0.39 is 15.9 Å². The van der Waals surface area contributed by atoms with E-state index in [4.69, 9.17) is 4.52 Å². The van der Waals surface area contributed by atoms with Gasteiger partial charge in [-0.3, -0.25) is 4.79 Å². The van der Waals surface area contributed by atoms with E-state index in [2.05, 4.69) is 10.5 Å². The summed E-state index contributed by atoms with van der Waals surface area (Å²) in [5, 5.41) is 6.21. The summed E-state index contributed by atoms with van der Waals surface area (Å²) in [5.74, 6) is 0.425. The quantitative estimate of drug-likeness (QED) is 0.826. The van der Waals surface area contributed by atoms with E-state index in [1.165, 1.54) is 16.4 Å². The highest BCUT2D eigenvalue weighted by atomic mass is 32.2. The first-order valence-corrected chi connectivity index (χ1v) is 9.01. The van der Waals surface area contributed by atoms with Crippen molar-refractivity contribution >= 4 is 21.7 Å². The van der Waals surface area contributed by atoms with Gasteiger partial charge in [-0.15, -0.1) is 0 Å². The number of sulfonamides is 1. The predicted molar refractivity (Wildman–Crippen MR) is 89.9 cm³/mol.